The first kappa shape index (κ1) is 13.1. The average Bonchev–Trinajstić information content (AvgIpc) is 2.75. The highest BCUT2D eigenvalue weighted by molar-refractivity contribution is 5.94. The number of nitrogens with two attached hydrogens (primary N) is 1. The van der Waals surface area contributed by atoms with Gasteiger partial charge in [-0.1, -0.05) is 6.07 Å². The lowest BCUT2D eigenvalue weighted by Crippen LogP contribution is -2.29. The molecule has 1 aromatic carbocycles. The summed E-state index contributed by atoms with van der Waals surface area (Å²) in [7, 11) is 0. The summed E-state index contributed by atoms with van der Waals surface area (Å²) in [4.78, 5) is 12.0. The zero-order valence-electron chi connectivity index (χ0n) is 10.9. The summed E-state index contributed by atoms with van der Waals surface area (Å²) >= 11 is 0. The third kappa shape index (κ3) is 3.09. The monoisotopic (exact) mass is 248 g/mol. The molecule has 1 fully saturated rings. The number of rotatable bonds is 3. The Hall–Kier alpha value is -1.39. The topological polar surface area (TPSA) is 64.4 Å². The summed E-state index contributed by atoms with van der Waals surface area (Å²) in [6, 6.07) is 5.99. The van der Waals surface area contributed by atoms with Crippen molar-refractivity contribution in [1.29, 1.82) is 0 Å². The Morgan fingerprint density at radius 3 is 2.56 bits per heavy atom. The van der Waals surface area contributed by atoms with Crippen molar-refractivity contribution in [2.24, 2.45) is 5.73 Å². The molecule has 4 nitrogen and oxygen atoms in total. The van der Waals surface area contributed by atoms with Crippen molar-refractivity contribution < 1.29 is 9.53 Å². The van der Waals surface area contributed by atoms with Gasteiger partial charge in [0.15, 0.2) is 0 Å². The summed E-state index contributed by atoms with van der Waals surface area (Å²) in [6.45, 7) is 4.51. The maximum absolute atomic E-state index is 12.0. The molecule has 2 atom stereocenters. The van der Waals surface area contributed by atoms with E-state index in [1.54, 1.807) is 0 Å². The van der Waals surface area contributed by atoms with E-state index in [1.807, 2.05) is 26.0 Å². The Balaban J connectivity index is 1.99. The highest BCUT2D eigenvalue weighted by atomic mass is 16.5. The molecule has 18 heavy (non-hydrogen) atoms. The first-order valence-electron chi connectivity index (χ1n) is 6.33. The smallest absolute Gasteiger partial charge is 0.253 e. The first-order valence-corrected chi connectivity index (χ1v) is 6.33. The summed E-state index contributed by atoms with van der Waals surface area (Å²) < 4.78 is 5.57. The Bertz CT molecular complexity index is 425. The van der Waals surface area contributed by atoms with Crippen LogP contribution >= 0.6 is 0 Å². The van der Waals surface area contributed by atoms with Crippen LogP contribution in [0.1, 0.15) is 24.0 Å². The molecule has 0 bridgehead atoms. The van der Waals surface area contributed by atoms with Gasteiger partial charge in [0.05, 0.1) is 6.10 Å². The predicted molar refractivity (Wildman–Crippen MR) is 71.5 cm³/mol. The van der Waals surface area contributed by atoms with Crippen LogP contribution < -0.4 is 11.1 Å². The zero-order chi connectivity index (χ0) is 13.1. The number of ether oxygens (including phenoxy) is 1. The molecule has 0 saturated carbocycles. The van der Waals surface area contributed by atoms with Crippen LogP contribution in [0.2, 0.25) is 0 Å². The molecule has 1 amide bonds. The molecule has 2 unspecified atom stereocenters. The van der Waals surface area contributed by atoms with E-state index in [0.717, 1.165) is 29.7 Å². The molecule has 98 valence electrons. The van der Waals surface area contributed by atoms with Gasteiger partial charge in [-0.2, -0.15) is 0 Å². The van der Waals surface area contributed by atoms with Crippen molar-refractivity contribution in [2.75, 3.05) is 11.9 Å². The van der Waals surface area contributed by atoms with Crippen LogP contribution in [-0.2, 0) is 9.53 Å². The fourth-order valence-electron chi connectivity index (χ4n) is 2.34. The van der Waals surface area contributed by atoms with Gasteiger partial charge in [0.25, 0.3) is 5.91 Å². The molecule has 0 spiro atoms. The second-order valence-electron chi connectivity index (χ2n) is 4.93. The minimum atomic E-state index is -0.362. The van der Waals surface area contributed by atoms with Crippen molar-refractivity contribution >= 4 is 11.6 Å². The van der Waals surface area contributed by atoms with Crippen molar-refractivity contribution in [3.05, 3.63) is 29.3 Å². The maximum Gasteiger partial charge on any atom is 0.253 e. The number of hydrogen-bond acceptors (Lipinski definition) is 3. The highest BCUT2D eigenvalue weighted by Crippen LogP contribution is 2.21. The number of carbonyl (C=O) groups excluding carboxylic acids is 1. The van der Waals surface area contributed by atoms with Crippen molar-refractivity contribution in [3.8, 4) is 0 Å². The molecule has 1 saturated heterocycles. The number of aryl methyl sites for hydroxylation is 2. The minimum Gasteiger partial charge on any atom is -0.364 e. The number of carbonyl (C=O) groups is 1. The highest BCUT2D eigenvalue weighted by Gasteiger charge is 2.29. The van der Waals surface area contributed by atoms with Crippen LogP contribution in [0.3, 0.4) is 0 Å². The lowest BCUT2D eigenvalue weighted by atomic mass is 10.1. The molecule has 0 aromatic heterocycles. The van der Waals surface area contributed by atoms with Gasteiger partial charge >= 0.3 is 0 Å². The largest absolute Gasteiger partial charge is 0.364 e. The normalized spacial score (nSPS) is 23.1. The van der Waals surface area contributed by atoms with E-state index in [9.17, 15) is 4.79 Å². The molecule has 3 N–H and O–H groups in total. The molecule has 1 aliphatic rings. The van der Waals surface area contributed by atoms with Crippen LogP contribution in [0.4, 0.5) is 5.69 Å². The predicted octanol–water partition coefficient (Wildman–Crippen LogP) is 1.75. The van der Waals surface area contributed by atoms with Crippen LogP contribution in [0, 0.1) is 13.8 Å². The van der Waals surface area contributed by atoms with Crippen molar-refractivity contribution in [3.63, 3.8) is 0 Å². The molecular weight excluding hydrogens is 228 g/mol. The van der Waals surface area contributed by atoms with Crippen LogP contribution in [-0.4, -0.2) is 24.7 Å². The van der Waals surface area contributed by atoms with Gasteiger partial charge in [-0.15, -0.1) is 0 Å². The summed E-state index contributed by atoms with van der Waals surface area (Å²) in [6.07, 6.45) is 1.28. The first-order chi connectivity index (χ1) is 8.58. The fraction of sp³-hybridized carbons (Fsp3) is 0.500. The van der Waals surface area contributed by atoms with E-state index < -0.39 is 0 Å². The van der Waals surface area contributed by atoms with Crippen LogP contribution in [0.25, 0.3) is 0 Å². The number of benzene rings is 1. The molecule has 2 rings (SSSR count). The summed E-state index contributed by atoms with van der Waals surface area (Å²) in [5, 5.41) is 2.91. The second kappa shape index (κ2) is 5.50. The summed E-state index contributed by atoms with van der Waals surface area (Å²) in [5.74, 6) is -0.0732. The van der Waals surface area contributed by atoms with Gasteiger partial charge in [0.2, 0.25) is 0 Å². The molecular formula is C14H20N2O2. The van der Waals surface area contributed by atoms with Crippen LogP contribution in [0.5, 0.6) is 0 Å². The second-order valence-corrected chi connectivity index (χ2v) is 4.93. The SMILES string of the molecule is Cc1cc(C)cc(NC(=O)C2CCC(CN)O2)c1. The fourth-order valence-corrected chi connectivity index (χ4v) is 2.34. The lowest BCUT2D eigenvalue weighted by molar-refractivity contribution is -0.126. The number of amides is 1. The summed E-state index contributed by atoms with van der Waals surface area (Å²) in [5.41, 5.74) is 8.64. The van der Waals surface area contributed by atoms with Crippen molar-refractivity contribution in [1.82, 2.24) is 0 Å². The molecule has 1 aliphatic heterocycles. The minimum absolute atomic E-state index is 0.0278. The van der Waals surface area contributed by atoms with E-state index in [0.29, 0.717) is 6.54 Å². The Morgan fingerprint density at radius 2 is 2.00 bits per heavy atom. The van der Waals surface area contributed by atoms with E-state index in [2.05, 4.69) is 11.4 Å². The molecule has 1 aromatic rings. The van der Waals surface area contributed by atoms with Crippen molar-refractivity contribution in [2.45, 2.75) is 38.9 Å². The van der Waals surface area contributed by atoms with Gasteiger partial charge < -0.3 is 15.8 Å². The van der Waals surface area contributed by atoms with Gasteiger partial charge in [-0.3, -0.25) is 4.79 Å². The van der Waals surface area contributed by atoms with Gasteiger partial charge in [-0.25, -0.2) is 0 Å². The number of hydrogen-bond donors (Lipinski definition) is 2. The average molecular weight is 248 g/mol. The van der Waals surface area contributed by atoms with E-state index >= 15 is 0 Å². The standard InChI is InChI=1S/C14H20N2O2/c1-9-5-10(2)7-11(6-9)16-14(17)13-4-3-12(8-15)18-13/h5-7,12-13H,3-4,8,15H2,1-2H3,(H,16,17). The molecule has 4 heteroatoms. The maximum atomic E-state index is 12.0. The third-order valence-electron chi connectivity index (χ3n) is 3.15. The lowest BCUT2D eigenvalue weighted by Gasteiger charge is -2.13. The number of nitrogens with one attached hydrogen (secondary N) is 1. The third-order valence-corrected chi connectivity index (χ3v) is 3.15. The van der Waals surface area contributed by atoms with Crippen LogP contribution in [0.15, 0.2) is 18.2 Å². The quantitative estimate of drug-likeness (QED) is 0.856. The molecule has 0 aliphatic carbocycles. The zero-order valence-corrected chi connectivity index (χ0v) is 10.9. The van der Waals surface area contributed by atoms with E-state index in [1.165, 1.54) is 0 Å². The van der Waals surface area contributed by atoms with E-state index in [4.69, 9.17) is 10.5 Å². The van der Waals surface area contributed by atoms with E-state index in [-0.39, 0.29) is 18.1 Å². The van der Waals surface area contributed by atoms with Gasteiger partial charge in [-0.05, 0) is 49.9 Å². The molecule has 0 radical (unpaired) electrons. The molecule has 1 heterocycles. The van der Waals surface area contributed by atoms with Gasteiger partial charge in [0, 0.05) is 12.2 Å². The Labute approximate surface area is 108 Å². The van der Waals surface area contributed by atoms with Gasteiger partial charge in [0.1, 0.15) is 6.10 Å². The number of anilines is 1. The Kier molecular flexibility index (Phi) is 3.99. The Morgan fingerprint density at radius 1 is 1.33 bits per heavy atom.